The second kappa shape index (κ2) is 7.54. The van der Waals surface area contributed by atoms with Crippen LogP contribution in [0.1, 0.15) is 34.1 Å². The summed E-state index contributed by atoms with van der Waals surface area (Å²) in [5, 5.41) is 6.76. The normalized spacial score (nSPS) is 14.9. The minimum absolute atomic E-state index is 0.233. The van der Waals surface area contributed by atoms with Crippen LogP contribution in [-0.2, 0) is 0 Å². The number of nitrogens with one attached hydrogen (secondary N) is 2. The van der Waals surface area contributed by atoms with Crippen molar-refractivity contribution in [3.63, 3.8) is 0 Å². The zero-order valence-corrected chi connectivity index (χ0v) is 12.6. The summed E-state index contributed by atoms with van der Waals surface area (Å²) in [6.45, 7) is 10.8. The molecule has 0 heterocycles. The Morgan fingerprint density at radius 1 is 1.35 bits per heavy atom. The molecule has 0 amide bonds. The fourth-order valence-corrected chi connectivity index (χ4v) is 1.77. The lowest BCUT2D eigenvalue weighted by Gasteiger charge is -2.29. The molecule has 2 N–H and O–H groups in total. The molecule has 0 bridgehead atoms. The summed E-state index contributed by atoms with van der Waals surface area (Å²) in [5.41, 5.74) is 0.233. The Morgan fingerprint density at radius 2 is 1.94 bits per heavy atom. The minimum atomic E-state index is 0.233. The number of hydrogen-bond donors (Lipinski definition) is 2. The van der Waals surface area contributed by atoms with Gasteiger partial charge in [-0.25, -0.2) is 0 Å². The van der Waals surface area contributed by atoms with E-state index < -0.39 is 0 Å². The molecule has 0 spiro atoms. The van der Waals surface area contributed by atoms with Gasteiger partial charge in [-0.3, -0.25) is 4.99 Å². The Morgan fingerprint density at radius 3 is 2.35 bits per heavy atom. The molecule has 4 nitrogen and oxygen atoms in total. The third-order valence-corrected chi connectivity index (χ3v) is 2.70. The molecule has 0 radical (unpaired) electrons. The highest BCUT2D eigenvalue weighted by Crippen LogP contribution is 2.13. The lowest BCUT2D eigenvalue weighted by Crippen LogP contribution is -2.47. The Balaban J connectivity index is 4.15. The molecule has 1 atom stereocenters. The maximum Gasteiger partial charge on any atom is 0.191 e. The molecule has 0 saturated carbocycles. The fourth-order valence-electron chi connectivity index (χ4n) is 1.77. The Labute approximate surface area is 107 Å². The van der Waals surface area contributed by atoms with Gasteiger partial charge in [0.2, 0.25) is 0 Å². The topological polar surface area (TPSA) is 39.7 Å². The van der Waals surface area contributed by atoms with Crippen molar-refractivity contribution in [3.05, 3.63) is 0 Å². The van der Waals surface area contributed by atoms with E-state index in [2.05, 4.69) is 62.3 Å². The van der Waals surface area contributed by atoms with Gasteiger partial charge >= 0.3 is 0 Å². The first-order chi connectivity index (χ1) is 7.80. The molecule has 102 valence electrons. The standard InChI is InChI=1S/C13H30N4/c1-8-11(2)16-12(14-5)15-9-13(3,4)10-17(6)7/h11H,8-10H2,1-7H3,(H2,14,15,16). The third-order valence-electron chi connectivity index (χ3n) is 2.70. The van der Waals surface area contributed by atoms with Gasteiger partial charge < -0.3 is 15.5 Å². The van der Waals surface area contributed by atoms with Crippen LogP contribution in [0.3, 0.4) is 0 Å². The number of hydrogen-bond acceptors (Lipinski definition) is 2. The highest BCUT2D eigenvalue weighted by molar-refractivity contribution is 5.79. The summed E-state index contributed by atoms with van der Waals surface area (Å²) in [4.78, 5) is 6.45. The number of nitrogens with zero attached hydrogens (tertiary/aromatic N) is 2. The van der Waals surface area contributed by atoms with E-state index in [4.69, 9.17) is 0 Å². The Hall–Kier alpha value is -0.770. The van der Waals surface area contributed by atoms with Crippen molar-refractivity contribution in [2.45, 2.75) is 40.2 Å². The second-order valence-corrected chi connectivity index (χ2v) is 5.78. The first-order valence-electron chi connectivity index (χ1n) is 6.42. The van der Waals surface area contributed by atoms with Crippen LogP contribution < -0.4 is 10.6 Å². The lowest BCUT2D eigenvalue weighted by atomic mass is 9.93. The molecule has 0 fully saturated rings. The van der Waals surface area contributed by atoms with Crippen molar-refractivity contribution < 1.29 is 0 Å². The van der Waals surface area contributed by atoms with Crippen LogP contribution in [0.4, 0.5) is 0 Å². The number of rotatable bonds is 6. The second-order valence-electron chi connectivity index (χ2n) is 5.78. The van der Waals surface area contributed by atoms with Crippen molar-refractivity contribution in [1.29, 1.82) is 0 Å². The summed E-state index contributed by atoms with van der Waals surface area (Å²) in [7, 11) is 6.03. The molecule has 0 aromatic carbocycles. The molecule has 0 aromatic rings. The summed E-state index contributed by atoms with van der Waals surface area (Å²) in [5.74, 6) is 0.895. The van der Waals surface area contributed by atoms with Crippen molar-refractivity contribution in [2.24, 2.45) is 10.4 Å². The molecule has 4 heteroatoms. The van der Waals surface area contributed by atoms with Crippen LogP contribution in [0.2, 0.25) is 0 Å². The fraction of sp³-hybridized carbons (Fsp3) is 0.923. The van der Waals surface area contributed by atoms with E-state index in [1.165, 1.54) is 0 Å². The maximum atomic E-state index is 4.24. The summed E-state index contributed by atoms with van der Waals surface area (Å²) < 4.78 is 0. The van der Waals surface area contributed by atoms with Crippen LogP contribution in [-0.4, -0.2) is 51.1 Å². The first kappa shape index (κ1) is 16.2. The van der Waals surface area contributed by atoms with Crippen molar-refractivity contribution >= 4 is 5.96 Å². The minimum Gasteiger partial charge on any atom is -0.356 e. The van der Waals surface area contributed by atoms with E-state index in [0.717, 1.165) is 25.5 Å². The van der Waals surface area contributed by atoms with Gasteiger partial charge in [-0.1, -0.05) is 20.8 Å². The average molecular weight is 242 g/mol. The lowest BCUT2D eigenvalue weighted by molar-refractivity contribution is 0.241. The van der Waals surface area contributed by atoms with Gasteiger partial charge in [-0.05, 0) is 32.9 Å². The zero-order chi connectivity index (χ0) is 13.5. The molecule has 0 saturated heterocycles. The molecular formula is C13H30N4. The van der Waals surface area contributed by atoms with Crippen LogP contribution in [0, 0.1) is 5.41 Å². The number of guanidine groups is 1. The molecule has 0 aliphatic carbocycles. The monoisotopic (exact) mass is 242 g/mol. The largest absolute Gasteiger partial charge is 0.356 e. The molecule has 17 heavy (non-hydrogen) atoms. The van der Waals surface area contributed by atoms with Gasteiger partial charge in [-0.15, -0.1) is 0 Å². The summed E-state index contributed by atoms with van der Waals surface area (Å²) in [6, 6.07) is 0.457. The van der Waals surface area contributed by atoms with Crippen molar-refractivity contribution in [2.75, 3.05) is 34.2 Å². The van der Waals surface area contributed by atoms with E-state index in [-0.39, 0.29) is 5.41 Å². The molecule has 0 rings (SSSR count). The molecular weight excluding hydrogens is 212 g/mol. The van der Waals surface area contributed by atoms with Crippen LogP contribution in [0.25, 0.3) is 0 Å². The van der Waals surface area contributed by atoms with E-state index in [0.29, 0.717) is 6.04 Å². The van der Waals surface area contributed by atoms with Crippen LogP contribution in [0.5, 0.6) is 0 Å². The molecule has 0 aliphatic heterocycles. The van der Waals surface area contributed by atoms with Crippen LogP contribution >= 0.6 is 0 Å². The molecule has 1 unspecified atom stereocenters. The number of aliphatic imine (C=N–C) groups is 1. The summed E-state index contributed by atoms with van der Waals surface area (Å²) >= 11 is 0. The van der Waals surface area contributed by atoms with E-state index in [9.17, 15) is 0 Å². The highest BCUT2D eigenvalue weighted by atomic mass is 15.2. The molecule has 0 aromatic heterocycles. The quantitative estimate of drug-likeness (QED) is 0.548. The Bertz CT molecular complexity index is 234. The van der Waals surface area contributed by atoms with Gasteiger partial charge in [0.1, 0.15) is 0 Å². The van der Waals surface area contributed by atoms with Gasteiger partial charge in [0.15, 0.2) is 5.96 Å². The first-order valence-corrected chi connectivity index (χ1v) is 6.42. The average Bonchev–Trinajstić information content (AvgIpc) is 2.21. The van der Waals surface area contributed by atoms with Crippen molar-refractivity contribution in [1.82, 2.24) is 15.5 Å². The Kier molecular flexibility index (Phi) is 7.19. The smallest absolute Gasteiger partial charge is 0.191 e. The van der Waals surface area contributed by atoms with E-state index >= 15 is 0 Å². The molecule has 0 aliphatic rings. The highest BCUT2D eigenvalue weighted by Gasteiger charge is 2.19. The predicted octanol–water partition coefficient (Wildman–Crippen LogP) is 1.54. The summed E-state index contributed by atoms with van der Waals surface area (Å²) in [6.07, 6.45) is 1.10. The van der Waals surface area contributed by atoms with Crippen molar-refractivity contribution in [3.8, 4) is 0 Å². The van der Waals surface area contributed by atoms with Gasteiger partial charge in [-0.2, -0.15) is 0 Å². The maximum absolute atomic E-state index is 4.24. The van der Waals surface area contributed by atoms with Gasteiger partial charge in [0, 0.05) is 26.2 Å². The van der Waals surface area contributed by atoms with E-state index in [1.54, 1.807) is 0 Å². The van der Waals surface area contributed by atoms with Crippen LogP contribution in [0.15, 0.2) is 4.99 Å². The SMILES string of the molecule is CCC(C)NC(=NC)NCC(C)(C)CN(C)C. The van der Waals surface area contributed by atoms with E-state index in [1.807, 2.05) is 7.05 Å². The predicted molar refractivity (Wildman–Crippen MR) is 76.6 cm³/mol. The van der Waals surface area contributed by atoms with Gasteiger partial charge in [0.05, 0.1) is 0 Å². The third kappa shape index (κ3) is 8.02. The van der Waals surface area contributed by atoms with Gasteiger partial charge in [0.25, 0.3) is 0 Å². The zero-order valence-electron chi connectivity index (χ0n) is 12.6.